The second-order valence-corrected chi connectivity index (χ2v) is 5.04. The van der Waals surface area contributed by atoms with Crippen molar-refractivity contribution >= 4 is 0 Å². The quantitative estimate of drug-likeness (QED) is 0.326. The Labute approximate surface area is 113 Å². The third-order valence-corrected chi connectivity index (χ3v) is 3.37. The van der Waals surface area contributed by atoms with Crippen molar-refractivity contribution in [3.05, 3.63) is 42.7 Å². The molecule has 0 spiro atoms. The lowest BCUT2D eigenvalue weighted by Gasteiger charge is -2.00. The predicted molar refractivity (Wildman–Crippen MR) is 78.5 cm³/mol. The molecule has 0 saturated carbocycles. The molecule has 0 aliphatic carbocycles. The fraction of sp³-hybridized carbons (Fsp3) is 0.588. The molecular weight excluding hydrogens is 218 g/mol. The molecule has 0 saturated heterocycles. The van der Waals surface area contributed by atoms with Gasteiger partial charge in [-0.05, 0) is 24.8 Å². The molecule has 0 fully saturated rings. The maximum atomic E-state index is 3.76. The summed E-state index contributed by atoms with van der Waals surface area (Å²) in [4.78, 5) is 0. The van der Waals surface area contributed by atoms with Crippen LogP contribution in [0.4, 0.5) is 0 Å². The predicted octanol–water partition coefficient (Wildman–Crippen LogP) is 4.45. The van der Waals surface area contributed by atoms with E-state index in [1.54, 1.807) is 0 Å². The van der Waals surface area contributed by atoms with Crippen molar-refractivity contribution in [3.8, 4) is 0 Å². The fourth-order valence-corrected chi connectivity index (χ4v) is 2.15. The van der Waals surface area contributed by atoms with Crippen LogP contribution >= 0.6 is 0 Å². The Hall–Kier alpha value is -1.11. The zero-order valence-corrected chi connectivity index (χ0v) is 11.9. The van der Waals surface area contributed by atoms with Crippen molar-refractivity contribution in [1.82, 2.24) is 0 Å². The summed E-state index contributed by atoms with van der Waals surface area (Å²) in [6.45, 7) is 7.19. The summed E-state index contributed by atoms with van der Waals surface area (Å²) in [6, 6.07) is 4.47. The van der Waals surface area contributed by atoms with Gasteiger partial charge in [0.2, 0.25) is 0 Å². The van der Waals surface area contributed by atoms with E-state index in [-0.39, 0.29) is 0 Å². The Morgan fingerprint density at radius 2 is 1.72 bits per heavy atom. The number of hydrogen-bond donors (Lipinski definition) is 0. The first-order valence-electron chi connectivity index (χ1n) is 7.45. The van der Waals surface area contributed by atoms with Crippen LogP contribution in [0.3, 0.4) is 0 Å². The molecule has 0 atom stereocenters. The van der Waals surface area contributed by atoms with E-state index in [0.717, 1.165) is 19.4 Å². The van der Waals surface area contributed by atoms with Crippen LogP contribution in [0.1, 0.15) is 57.4 Å². The molecule has 0 aromatic carbocycles. The first-order chi connectivity index (χ1) is 8.86. The minimum atomic E-state index is 1.07. The summed E-state index contributed by atoms with van der Waals surface area (Å²) < 4.78 is 2.30. The molecule has 0 radical (unpaired) electrons. The van der Waals surface area contributed by atoms with E-state index in [2.05, 4.69) is 42.6 Å². The summed E-state index contributed by atoms with van der Waals surface area (Å²) in [7, 11) is 0. The SMILES string of the molecule is C=CCCc1cc[n+](CCCCCCCC)cc1. The average Bonchev–Trinajstić information content (AvgIpc) is 2.42. The summed E-state index contributed by atoms with van der Waals surface area (Å²) in [5.41, 5.74) is 1.41. The molecule has 1 heteroatoms. The molecule has 1 nitrogen and oxygen atoms in total. The zero-order valence-electron chi connectivity index (χ0n) is 11.9. The van der Waals surface area contributed by atoms with Crippen LogP contribution in [0.15, 0.2) is 37.2 Å². The molecule has 0 unspecified atom stereocenters. The van der Waals surface area contributed by atoms with E-state index in [1.807, 2.05) is 6.08 Å². The Morgan fingerprint density at radius 3 is 2.39 bits per heavy atom. The molecular formula is C17H28N+. The number of hydrogen-bond acceptors (Lipinski definition) is 0. The number of nitrogens with zero attached hydrogens (tertiary/aromatic N) is 1. The van der Waals surface area contributed by atoms with Crippen LogP contribution in [-0.2, 0) is 13.0 Å². The third-order valence-electron chi connectivity index (χ3n) is 3.37. The highest BCUT2D eigenvalue weighted by atomic mass is 14.9. The first-order valence-corrected chi connectivity index (χ1v) is 7.45. The zero-order chi connectivity index (χ0) is 13.1. The van der Waals surface area contributed by atoms with E-state index in [4.69, 9.17) is 0 Å². The number of rotatable bonds is 10. The van der Waals surface area contributed by atoms with Crippen molar-refractivity contribution in [2.45, 2.75) is 64.8 Å². The van der Waals surface area contributed by atoms with Gasteiger partial charge in [-0.1, -0.05) is 38.7 Å². The smallest absolute Gasteiger partial charge is 0.169 e. The molecule has 1 rings (SSSR count). The number of pyridine rings is 1. The van der Waals surface area contributed by atoms with Crippen LogP contribution in [0.25, 0.3) is 0 Å². The Morgan fingerprint density at radius 1 is 1.06 bits per heavy atom. The normalized spacial score (nSPS) is 10.5. The van der Waals surface area contributed by atoms with Crippen molar-refractivity contribution in [2.24, 2.45) is 0 Å². The topological polar surface area (TPSA) is 3.88 Å². The first kappa shape index (κ1) is 14.9. The summed E-state index contributed by atoms with van der Waals surface area (Å²) in [5, 5.41) is 0. The van der Waals surface area contributed by atoms with Gasteiger partial charge in [-0.2, -0.15) is 0 Å². The van der Waals surface area contributed by atoms with Gasteiger partial charge >= 0.3 is 0 Å². The lowest BCUT2D eigenvalue weighted by Crippen LogP contribution is -2.32. The molecule has 0 aliphatic heterocycles. The van der Waals surface area contributed by atoms with Crippen molar-refractivity contribution < 1.29 is 4.57 Å². The van der Waals surface area contributed by atoms with Gasteiger partial charge in [0.15, 0.2) is 12.4 Å². The van der Waals surface area contributed by atoms with Gasteiger partial charge in [-0.3, -0.25) is 0 Å². The number of aryl methyl sites for hydroxylation is 2. The third kappa shape index (κ3) is 6.58. The van der Waals surface area contributed by atoms with Gasteiger partial charge in [0.1, 0.15) is 6.54 Å². The van der Waals surface area contributed by atoms with Gasteiger partial charge in [0.25, 0.3) is 0 Å². The van der Waals surface area contributed by atoms with Gasteiger partial charge < -0.3 is 0 Å². The summed E-state index contributed by atoms with van der Waals surface area (Å²) in [5.74, 6) is 0. The molecule has 100 valence electrons. The highest BCUT2D eigenvalue weighted by molar-refractivity contribution is 5.07. The molecule has 1 aromatic rings. The summed E-state index contributed by atoms with van der Waals surface area (Å²) in [6.07, 6.45) is 16.8. The van der Waals surface area contributed by atoms with Crippen LogP contribution in [0.2, 0.25) is 0 Å². The molecule has 0 amide bonds. The van der Waals surface area contributed by atoms with E-state index in [1.165, 1.54) is 44.1 Å². The number of unbranched alkanes of at least 4 members (excludes halogenated alkanes) is 5. The second kappa shape index (κ2) is 9.87. The Bertz CT molecular complexity index is 313. The molecule has 18 heavy (non-hydrogen) atoms. The van der Waals surface area contributed by atoms with E-state index in [0.29, 0.717) is 0 Å². The number of allylic oxidation sites excluding steroid dienone is 1. The standard InChI is InChI=1S/C17H28N/c1-3-5-7-8-9-10-14-18-15-12-17(13-16-18)11-6-4-2/h4,12-13,15-16H,2-3,5-11,14H2,1H3/q+1. The van der Waals surface area contributed by atoms with Gasteiger partial charge in [-0.15, -0.1) is 6.58 Å². The van der Waals surface area contributed by atoms with Crippen molar-refractivity contribution in [2.75, 3.05) is 0 Å². The van der Waals surface area contributed by atoms with E-state index in [9.17, 15) is 0 Å². The van der Waals surface area contributed by atoms with Crippen LogP contribution in [0, 0.1) is 0 Å². The highest BCUT2D eigenvalue weighted by Gasteiger charge is 2.00. The van der Waals surface area contributed by atoms with Crippen LogP contribution < -0.4 is 4.57 Å². The average molecular weight is 246 g/mol. The van der Waals surface area contributed by atoms with Crippen LogP contribution in [0.5, 0.6) is 0 Å². The minimum Gasteiger partial charge on any atom is -0.205 e. The molecule has 1 aromatic heterocycles. The minimum absolute atomic E-state index is 1.07. The van der Waals surface area contributed by atoms with Crippen LogP contribution in [-0.4, -0.2) is 0 Å². The lowest BCUT2D eigenvalue weighted by molar-refractivity contribution is -0.697. The van der Waals surface area contributed by atoms with Gasteiger partial charge in [0, 0.05) is 18.6 Å². The summed E-state index contributed by atoms with van der Waals surface area (Å²) >= 11 is 0. The Kier molecular flexibility index (Phi) is 8.20. The molecule has 0 N–H and O–H groups in total. The van der Waals surface area contributed by atoms with Gasteiger partial charge in [-0.25, -0.2) is 4.57 Å². The van der Waals surface area contributed by atoms with Crippen molar-refractivity contribution in [3.63, 3.8) is 0 Å². The van der Waals surface area contributed by atoms with Gasteiger partial charge in [0.05, 0.1) is 0 Å². The maximum Gasteiger partial charge on any atom is 0.169 e. The monoisotopic (exact) mass is 246 g/mol. The second-order valence-electron chi connectivity index (χ2n) is 5.04. The maximum absolute atomic E-state index is 3.76. The van der Waals surface area contributed by atoms with Crippen molar-refractivity contribution in [1.29, 1.82) is 0 Å². The Balaban J connectivity index is 2.16. The highest BCUT2D eigenvalue weighted by Crippen LogP contribution is 2.05. The van der Waals surface area contributed by atoms with E-state index < -0.39 is 0 Å². The molecule has 0 bridgehead atoms. The fourth-order valence-electron chi connectivity index (χ4n) is 2.15. The van der Waals surface area contributed by atoms with E-state index >= 15 is 0 Å². The molecule has 1 heterocycles. The lowest BCUT2D eigenvalue weighted by atomic mass is 10.1. The largest absolute Gasteiger partial charge is 0.205 e. The number of aromatic nitrogens is 1. The molecule has 0 aliphatic rings.